The number of halogens is 3. The van der Waals surface area contributed by atoms with Gasteiger partial charge in [-0.15, -0.1) is 0 Å². The fraction of sp³-hybridized carbons (Fsp3) is 0.267. The lowest BCUT2D eigenvalue weighted by atomic mass is 9.88. The van der Waals surface area contributed by atoms with Gasteiger partial charge in [0, 0.05) is 12.1 Å². The predicted octanol–water partition coefficient (Wildman–Crippen LogP) is 3.47. The van der Waals surface area contributed by atoms with Crippen LogP contribution in [0.3, 0.4) is 0 Å². The maximum absolute atomic E-state index is 13.5. The van der Waals surface area contributed by atoms with Gasteiger partial charge in [-0.3, -0.25) is 0 Å². The highest BCUT2D eigenvalue weighted by molar-refractivity contribution is 5.40. The first-order chi connectivity index (χ1) is 9.63. The van der Waals surface area contributed by atoms with Crippen molar-refractivity contribution in [2.45, 2.75) is 25.3 Å². The summed E-state index contributed by atoms with van der Waals surface area (Å²) in [5.74, 6) is -3.66. The number of rotatable bonds is 2. The molecule has 2 aromatic rings. The summed E-state index contributed by atoms with van der Waals surface area (Å²) >= 11 is 0. The fourth-order valence-corrected chi connectivity index (χ4v) is 2.56. The van der Waals surface area contributed by atoms with Gasteiger partial charge in [0.1, 0.15) is 0 Å². The Balaban J connectivity index is 1.78. The molecule has 0 radical (unpaired) electrons. The molecule has 5 heteroatoms. The van der Waals surface area contributed by atoms with Crippen LogP contribution in [0.4, 0.5) is 19.0 Å². The Morgan fingerprint density at radius 2 is 1.80 bits per heavy atom. The molecular weight excluding hydrogens is 265 g/mol. The third kappa shape index (κ3) is 2.48. The summed E-state index contributed by atoms with van der Waals surface area (Å²) < 4.78 is 39.4. The molecule has 0 saturated carbocycles. The van der Waals surface area contributed by atoms with E-state index in [1.807, 2.05) is 18.2 Å². The molecule has 1 aromatic carbocycles. The number of hydrogen-bond donors (Lipinski definition) is 1. The zero-order valence-electron chi connectivity index (χ0n) is 10.7. The molecule has 3 rings (SSSR count). The monoisotopic (exact) mass is 278 g/mol. The second-order valence-corrected chi connectivity index (χ2v) is 4.94. The molecule has 0 aliphatic heterocycles. The Bertz CT molecular complexity index is 643. The molecule has 0 fully saturated rings. The van der Waals surface area contributed by atoms with Crippen LogP contribution in [0.1, 0.15) is 17.5 Å². The minimum absolute atomic E-state index is 0.0308. The van der Waals surface area contributed by atoms with Crippen LogP contribution in [0, 0.1) is 17.6 Å². The second-order valence-electron chi connectivity index (χ2n) is 4.94. The van der Waals surface area contributed by atoms with Gasteiger partial charge in [0.15, 0.2) is 17.5 Å². The van der Waals surface area contributed by atoms with Gasteiger partial charge in [0.25, 0.3) is 5.95 Å². The highest BCUT2D eigenvalue weighted by Gasteiger charge is 2.20. The summed E-state index contributed by atoms with van der Waals surface area (Å²) in [7, 11) is 0. The lowest BCUT2D eigenvalue weighted by molar-refractivity contribution is 0.464. The lowest BCUT2D eigenvalue weighted by Gasteiger charge is -2.26. The van der Waals surface area contributed by atoms with Gasteiger partial charge in [-0.25, -0.2) is 8.78 Å². The van der Waals surface area contributed by atoms with Gasteiger partial charge in [-0.2, -0.15) is 9.37 Å². The van der Waals surface area contributed by atoms with Gasteiger partial charge in [-0.1, -0.05) is 24.3 Å². The number of aromatic nitrogens is 1. The number of pyridine rings is 1. The van der Waals surface area contributed by atoms with Gasteiger partial charge in [-0.05, 0) is 30.4 Å². The van der Waals surface area contributed by atoms with Crippen molar-refractivity contribution < 1.29 is 13.2 Å². The van der Waals surface area contributed by atoms with Crippen molar-refractivity contribution >= 4 is 5.82 Å². The summed E-state index contributed by atoms with van der Waals surface area (Å²) in [4.78, 5) is 3.29. The minimum Gasteiger partial charge on any atom is -0.364 e. The number of nitrogens with one attached hydrogen (secondary N) is 1. The average molecular weight is 278 g/mol. The Morgan fingerprint density at radius 3 is 2.60 bits per heavy atom. The molecule has 1 aliphatic rings. The quantitative estimate of drug-likeness (QED) is 0.851. The van der Waals surface area contributed by atoms with Crippen LogP contribution >= 0.6 is 0 Å². The number of aryl methyl sites for hydroxylation is 1. The Hall–Kier alpha value is -2.04. The first kappa shape index (κ1) is 13.0. The van der Waals surface area contributed by atoms with E-state index in [1.165, 1.54) is 11.1 Å². The molecule has 1 heterocycles. The predicted molar refractivity (Wildman–Crippen MR) is 70.0 cm³/mol. The summed E-state index contributed by atoms with van der Waals surface area (Å²) in [5, 5.41) is 2.87. The third-order valence-electron chi connectivity index (χ3n) is 3.57. The van der Waals surface area contributed by atoms with Crippen LogP contribution in [0.5, 0.6) is 0 Å². The van der Waals surface area contributed by atoms with Gasteiger partial charge < -0.3 is 5.32 Å². The topological polar surface area (TPSA) is 24.9 Å². The molecule has 1 aliphatic carbocycles. The molecular formula is C15H13F3N2. The first-order valence-corrected chi connectivity index (χ1v) is 6.48. The summed E-state index contributed by atoms with van der Waals surface area (Å²) in [6.45, 7) is 0. The van der Waals surface area contributed by atoms with Crippen LogP contribution in [0.15, 0.2) is 30.3 Å². The standard InChI is InChI=1S/C15H13F3N2/c16-12-8-13(17)15(20-14(12)18)19-11-6-5-9-3-1-2-4-10(9)7-11/h1-4,8,11H,5-7H2,(H,19,20). The Morgan fingerprint density at radius 1 is 1.05 bits per heavy atom. The van der Waals surface area contributed by atoms with Crippen molar-refractivity contribution in [3.63, 3.8) is 0 Å². The van der Waals surface area contributed by atoms with Crippen LogP contribution in [-0.4, -0.2) is 11.0 Å². The normalized spacial score (nSPS) is 17.6. The molecule has 1 N–H and O–H groups in total. The summed E-state index contributed by atoms with van der Waals surface area (Å²) in [6, 6.07) is 8.53. The maximum Gasteiger partial charge on any atom is 0.251 e. The molecule has 1 unspecified atom stereocenters. The van der Waals surface area contributed by atoms with E-state index in [4.69, 9.17) is 0 Å². The van der Waals surface area contributed by atoms with E-state index in [1.54, 1.807) is 0 Å². The highest BCUT2D eigenvalue weighted by atomic mass is 19.2. The molecule has 1 aromatic heterocycles. The van der Waals surface area contributed by atoms with Crippen molar-refractivity contribution in [1.29, 1.82) is 0 Å². The van der Waals surface area contributed by atoms with E-state index in [0.717, 1.165) is 19.3 Å². The zero-order valence-corrected chi connectivity index (χ0v) is 10.7. The van der Waals surface area contributed by atoms with Gasteiger partial charge in [0.2, 0.25) is 0 Å². The van der Waals surface area contributed by atoms with Crippen molar-refractivity contribution in [3.8, 4) is 0 Å². The van der Waals surface area contributed by atoms with E-state index < -0.39 is 17.6 Å². The Labute approximate surface area is 114 Å². The molecule has 1 atom stereocenters. The Kier molecular flexibility index (Phi) is 3.34. The number of benzene rings is 1. The molecule has 0 spiro atoms. The minimum atomic E-state index is -1.29. The average Bonchev–Trinajstić information content (AvgIpc) is 2.44. The number of fused-ring (bicyclic) bond motifs is 1. The van der Waals surface area contributed by atoms with E-state index in [-0.39, 0.29) is 11.9 Å². The first-order valence-electron chi connectivity index (χ1n) is 6.48. The van der Waals surface area contributed by atoms with Crippen LogP contribution in [-0.2, 0) is 12.8 Å². The SMILES string of the molecule is Fc1cc(F)c(NC2CCc3ccccc3C2)nc1F. The summed E-state index contributed by atoms with van der Waals surface area (Å²) in [6.07, 6.45) is 2.40. The third-order valence-corrected chi connectivity index (χ3v) is 3.57. The molecule has 20 heavy (non-hydrogen) atoms. The molecule has 0 amide bonds. The molecule has 104 valence electrons. The summed E-state index contributed by atoms with van der Waals surface area (Å²) in [5.41, 5.74) is 2.48. The smallest absolute Gasteiger partial charge is 0.251 e. The van der Waals surface area contributed by atoms with Crippen LogP contribution in [0.25, 0.3) is 0 Å². The van der Waals surface area contributed by atoms with Crippen molar-refractivity contribution in [3.05, 3.63) is 59.0 Å². The number of hydrogen-bond acceptors (Lipinski definition) is 2. The van der Waals surface area contributed by atoms with Crippen molar-refractivity contribution in [2.75, 3.05) is 5.32 Å². The zero-order chi connectivity index (χ0) is 14.1. The lowest BCUT2D eigenvalue weighted by Crippen LogP contribution is -2.28. The number of nitrogens with zero attached hydrogens (tertiary/aromatic N) is 1. The van der Waals surface area contributed by atoms with E-state index >= 15 is 0 Å². The van der Waals surface area contributed by atoms with Crippen LogP contribution in [0.2, 0.25) is 0 Å². The van der Waals surface area contributed by atoms with Crippen molar-refractivity contribution in [1.82, 2.24) is 4.98 Å². The highest BCUT2D eigenvalue weighted by Crippen LogP contribution is 2.24. The fourth-order valence-electron chi connectivity index (χ4n) is 2.56. The van der Waals surface area contributed by atoms with Gasteiger partial charge in [0.05, 0.1) is 0 Å². The molecule has 2 nitrogen and oxygen atoms in total. The van der Waals surface area contributed by atoms with Gasteiger partial charge >= 0.3 is 0 Å². The van der Waals surface area contributed by atoms with E-state index in [0.29, 0.717) is 6.07 Å². The number of anilines is 1. The molecule has 0 bridgehead atoms. The van der Waals surface area contributed by atoms with Crippen LogP contribution < -0.4 is 5.32 Å². The molecule has 0 saturated heterocycles. The maximum atomic E-state index is 13.5. The largest absolute Gasteiger partial charge is 0.364 e. The second kappa shape index (κ2) is 5.15. The van der Waals surface area contributed by atoms with Crippen molar-refractivity contribution in [2.24, 2.45) is 0 Å². The van der Waals surface area contributed by atoms with E-state index in [9.17, 15) is 13.2 Å². The van der Waals surface area contributed by atoms with E-state index in [2.05, 4.69) is 16.4 Å².